The van der Waals surface area contributed by atoms with Gasteiger partial charge in [-0.25, -0.2) is 0 Å². The van der Waals surface area contributed by atoms with E-state index in [-0.39, 0.29) is 11.9 Å². The molecule has 0 amide bonds. The summed E-state index contributed by atoms with van der Waals surface area (Å²) >= 11 is 1.75. The lowest BCUT2D eigenvalue weighted by Crippen LogP contribution is -2.70. The van der Waals surface area contributed by atoms with Gasteiger partial charge in [0.1, 0.15) is 10.4 Å². The van der Waals surface area contributed by atoms with E-state index in [0.717, 1.165) is 16.7 Å². The van der Waals surface area contributed by atoms with Gasteiger partial charge in [-0.15, -0.1) is 11.8 Å². The minimum atomic E-state index is -0.817. The summed E-state index contributed by atoms with van der Waals surface area (Å²) in [6.45, 7) is 0.583. The molecular formula is C25H24N2O3S. The van der Waals surface area contributed by atoms with E-state index in [1.54, 1.807) is 18.9 Å². The topological polar surface area (TPSA) is 53.0 Å². The third-order valence-electron chi connectivity index (χ3n) is 6.24. The first-order valence-electron chi connectivity index (χ1n) is 10.3. The molecule has 2 fully saturated rings. The number of nitrogens with zero attached hydrogens (tertiary/aromatic N) is 2. The number of hydrogen-bond donors (Lipinski definition) is 1. The Balaban J connectivity index is 1.74. The molecule has 2 unspecified atom stereocenters. The highest BCUT2D eigenvalue weighted by Crippen LogP contribution is 2.66. The third-order valence-corrected chi connectivity index (χ3v) is 8.13. The summed E-state index contributed by atoms with van der Waals surface area (Å²) in [6.07, 6.45) is 0. The highest BCUT2D eigenvalue weighted by atomic mass is 32.2. The molecule has 2 aliphatic heterocycles. The van der Waals surface area contributed by atoms with Crippen molar-refractivity contribution in [3.8, 4) is 0 Å². The molecule has 2 saturated heterocycles. The summed E-state index contributed by atoms with van der Waals surface area (Å²) in [4.78, 5) is 19.2. The molecule has 0 aliphatic carbocycles. The van der Waals surface area contributed by atoms with Gasteiger partial charge in [-0.05, 0) is 16.7 Å². The van der Waals surface area contributed by atoms with Crippen molar-refractivity contribution < 1.29 is 14.7 Å². The first kappa shape index (κ1) is 20.3. The average Bonchev–Trinajstić information content (AvgIpc) is 3.05. The molecule has 0 aromatic heterocycles. The Morgan fingerprint density at radius 3 is 1.87 bits per heavy atom. The molecule has 158 valence electrons. The summed E-state index contributed by atoms with van der Waals surface area (Å²) in [5.41, 5.74) is 2.87. The van der Waals surface area contributed by atoms with Crippen molar-refractivity contribution in [3.05, 3.63) is 108 Å². The van der Waals surface area contributed by atoms with Gasteiger partial charge in [0.2, 0.25) is 0 Å². The molecule has 5 nitrogen and oxygen atoms in total. The van der Waals surface area contributed by atoms with Crippen LogP contribution in [0.4, 0.5) is 0 Å². The number of fused-ring (bicyclic) bond motifs is 1. The van der Waals surface area contributed by atoms with Gasteiger partial charge in [0.15, 0.2) is 0 Å². The van der Waals surface area contributed by atoms with Crippen LogP contribution >= 0.6 is 11.8 Å². The summed E-state index contributed by atoms with van der Waals surface area (Å²) in [5.74, 6) is -0.817. The van der Waals surface area contributed by atoms with E-state index < -0.39 is 16.4 Å². The maximum atomic E-state index is 11.6. The van der Waals surface area contributed by atoms with Gasteiger partial charge in [0.05, 0.1) is 19.0 Å². The maximum absolute atomic E-state index is 11.6. The molecule has 0 radical (unpaired) electrons. The number of likely N-dealkylation sites (tertiary alicyclic amines) is 1. The van der Waals surface area contributed by atoms with E-state index in [1.807, 2.05) is 59.5 Å². The highest BCUT2D eigenvalue weighted by Gasteiger charge is 2.71. The predicted octanol–water partition coefficient (Wildman–Crippen LogP) is 4.12. The predicted molar refractivity (Wildman–Crippen MR) is 121 cm³/mol. The van der Waals surface area contributed by atoms with Gasteiger partial charge in [0.25, 0.3) is 0 Å². The highest BCUT2D eigenvalue weighted by molar-refractivity contribution is 8.01. The second-order valence-corrected chi connectivity index (χ2v) is 9.19. The fraction of sp³-hybridized carbons (Fsp3) is 0.240. The standard InChI is InChI=1S/C25H24N2O3S/c1-30-27-24(19-11-5-2-6-12-19)18-26(17-22(28)29)23(24)31-25(27,20-13-7-3-8-14-20)21-15-9-4-10-16-21/h2-16,23H,17-18H2,1H3,(H,28,29). The van der Waals surface area contributed by atoms with E-state index in [0.29, 0.717) is 6.54 Å². The number of carbonyl (C=O) groups is 1. The van der Waals surface area contributed by atoms with E-state index in [9.17, 15) is 9.90 Å². The Morgan fingerprint density at radius 1 is 0.935 bits per heavy atom. The van der Waals surface area contributed by atoms with Crippen LogP contribution in [-0.4, -0.2) is 46.6 Å². The zero-order chi connectivity index (χ0) is 21.5. The van der Waals surface area contributed by atoms with Crippen LogP contribution in [-0.2, 0) is 20.0 Å². The largest absolute Gasteiger partial charge is 0.480 e. The lowest BCUT2D eigenvalue weighted by molar-refractivity contribution is -0.266. The van der Waals surface area contributed by atoms with Crippen LogP contribution in [0.15, 0.2) is 91.0 Å². The van der Waals surface area contributed by atoms with Crippen LogP contribution < -0.4 is 0 Å². The Bertz CT molecular complexity index is 1020. The molecule has 3 aromatic carbocycles. The molecule has 2 atom stereocenters. The van der Waals surface area contributed by atoms with Crippen molar-refractivity contribution in [2.24, 2.45) is 0 Å². The van der Waals surface area contributed by atoms with Crippen LogP contribution in [0.3, 0.4) is 0 Å². The molecule has 2 heterocycles. The zero-order valence-corrected chi connectivity index (χ0v) is 18.0. The average molecular weight is 433 g/mol. The Morgan fingerprint density at radius 2 is 1.42 bits per heavy atom. The van der Waals surface area contributed by atoms with Crippen LogP contribution in [0.5, 0.6) is 0 Å². The molecule has 3 aromatic rings. The van der Waals surface area contributed by atoms with Crippen molar-refractivity contribution in [3.63, 3.8) is 0 Å². The van der Waals surface area contributed by atoms with Gasteiger partial charge < -0.3 is 5.11 Å². The number of thioether (sulfide) groups is 1. The molecule has 5 rings (SSSR count). The minimum Gasteiger partial charge on any atom is -0.480 e. The smallest absolute Gasteiger partial charge is 0.317 e. The number of aliphatic carboxylic acids is 1. The van der Waals surface area contributed by atoms with E-state index >= 15 is 0 Å². The number of rotatable bonds is 6. The number of carboxylic acids is 1. The monoisotopic (exact) mass is 432 g/mol. The van der Waals surface area contributed by atoms with Crippen LogP contribution in [0.1, 0.15) is 16.7 Å². The lowest BCUT2D eigenvalue weighted by Gasteiger charge is -2.55. The van der Waals surface area contributed by atoms with Crippen molar-refractivity contribution >= 4 is 17.7 Å². The normalized spacial score (nSPS) is 25.0. The number of carboxylic acid groups (broad SMARTS) is 1. The van der Waals surface area contributed by atoms with E-state index in [4.69, 9.17) is 4.84 Å². The van der Waals surface area contributed by atoms with Crippen LogP contribution in [0, 0.1) is 0 Å². The molecule has 0 saturated carbocycles. The molecule has 1 N–H and O–H groups in total. The first-order chi connectivity index (χ1) is 15.1. The fourth-order valence-electron chi connectivity index (χ4n) is 5.03. The maximum Gasteiger partial charge on any atom is 0.317 e. The fourth-order valence-corrected chi connectivity index (χ4v) is 7.03. The summed E-state index contributed by atoms with van der Waals surface area (Å²) in [7, 11) is 1.72. The van der Waals surface area contributed by atoms with Gasteiger partial charge >= 0.3 is 5.97 Å². The molecule has 2 aliphatic rings. The third kappa shape index (κ3) is 2.94. The minimum absolute atomic E-state index is 0.00344. The molecule has 0 spiro atoms. The zero-order valence-electron chi connectivity index (χ0n) is 17.2. The second-order valence-electron chi connectivity index (χ2n) is 7.91. The lowest BCUT2D eigenvalue weighted by atomic mass is 9.79. The van der Waals surface area contributed by atoms with E-state index in [2.05, 4.69) is 41.5 Å². The van der Waals surface area contributed by atoms with Crippen molar-refractivity contribution in [2.45, 2.75) is 15.8 Å². The Hall–Kier alpha value is -2.64. The summed E-state index contributed by atoms with van der Waals surface area (Å²) in [5, 5.41) is 11.5. The SMILES string of the molecule is CON1C(c2ccccc2)(c2ccccc2)SC2N(CC(=O)O)CC21c1ccccc1. The van der Waals surface area contributed by atoms with E-state index in [1.165, 1.54) is 0 Å². The van der Waals surface area contributed by atoms with Crippen LogP contribution in [0.2, 0.25) is 0 Å². The molecular weight excluding hydrogens is 408 g/mol. The van der Waals surface area contributed by atoms with Crippen LogP contribution in [0.25, 0.3) is 0 Å². The number of hydroxylamine groups is 2. The Labute approximate surface area is 186 Å². The number of benzene rings is 3. The molecule has 0 bridgehead atoms. The van der Waals surface area contributed by atoms with Gasteiger partial charge in [-0.1, -0.05) is 91.0 Å². The molecule has 6 heteroatoms. The molecule has 31 heavy (non-hydrogen) atoms. The first-order valence-corrected chi connectivity index (χ1v) is 11.2. The van der Waals surface area contributed by atoms with Crippen molar-refractivity contribution in [1.82, 2.24) is 9.96 Å². The van der Waals surface area contributed by atoms with Crippen molar-refractivity contribution in [1.29, 1.82) is 0 Å². The quantitative estimate of drug-likeness (QED) is 0.632. The summed E-state index contributed by atoms with van der Waals surface area (Å²) < 4.78 is 0. The van der Waals surface area contributed by atoms with Crippen molar-refractivity contribution in [2.75, 3.05) is 20.2 Å². The van der Waals surface area contributed by atoms with Gasteiger partial charge in [-0.3, -0.25) is 14.5 Å². The van der Waals surface area contributed by atoms with Gasteiger partial charge in [-0.2, -0.15) is 5.06 Å². The van der Waals surface area contributed by atoms with Gasteiger partial charge in [0, 0.05) is 6.54 Å². The second kappa shape index (κ2) is 7.80. The Kier molecular flexibility index (Phi) is 5.10. The summed E-state index contributed by atoms with van der Waals surface area (Å²) in [6, 6.07) is 31.0. The number of hydrogen-bond acceptors (Lipinski definition) is 5.